The third kappa shape index (κ3) is 1.74. The molecule has 0 radical (unpaired) electrons. The molecule has 8 nitrogen and oxygen atoms in total. The van der Waals surface area contributed by atoms with Crippen molar-refractivity contribution in [1.82, 2.24) is 19.5 Å². The van der Waals surface area contributed by atoms with E-state index < -0.39 is 30.2 Å². The van der Waals surface area contributed by atoms with Gasteiger partial charge in [-0.1, -0.05) is 11.6 Å². The molecule has 1 saturated heterocycles. The Balaban J connectivity index is 2.10. The lowest BCUT2D eigenvalue weighted by molar-refractivity contribution is -0.0482. The summed E-state index contributed by atoms with van der Waals surface area (Å²) in [6.45, 7) is -0.570. The Kier molecular flexibility index (Phi) is 3.01. The van der Waals surface area contributed by atoms with E-state index in [9.17, 15) is 9.50 Å². The molecule has 10 heteroatoms. The average molecular weight is 304 g/mol. The number of aliphatic hydroxyl groups is 2. The van der Waals surface area contributed by atoms with E-state index in [1.165, 1.54) is 17.2 Å². The molecule has 4 atom stereocenters. The van der Waals surface area contributed by atoms with E-state index in [4.69, 9.17) is 27.2 Å². The maximum atomic E-state index is 14.5. The molecule has 1 fully saturated rings. The van der Waals surface area contributed by atoms with E-state index in [2.05, 4.69) is 15.0 Å². The molecule has 3 heterocycles. The van der Waals surface area contributed by atoms with Gasteiger partial charge in [0.15, 0.2) is 17.7 Å². The van der Waals surface area contributed by atoms with Crippen molar-refractivity contribution in [3.63, 3.8) is 0 Å². The van der Waals surface area contributed by atoms with Crippen molar-refractivity contribution in [2.45, 2.75) is 23.6 Å². The van der Waals surface area contributed by atoms with Crippen LogP contribution in [-0.2, 0) is 4.74 Å². The largest absolute Gasteiger partial charge is 0.394 e. The van der Waals surface area contributed by atoms with Crippen LogP contribution in [0.4, 0.5) is 10.2 Å². The molecule has 0 aliphatic carbocycles. The number of aliphatic hydroxyl groups excluding tert-OH is 2. The molecule has 0 bridgehead atoms. The smallest absolute Gasteiger partial charge is 0.256 e. The van der Waals surface area contributed by atoms with Crippen LogP contribution >= 0.6 is 11.6 Å². The minimum atomic E-state index is -2.62. The first kappa shape index (κ1) is 13.4. The number of hydrogen-bond acceptors (Lipinski definition) is 7. The van der Waals surface area contributed by atoms with Crippen LogP contribution in [0, 0.1) is 0 Å². The number of aromatic nitrogens is 4. The summed E-state index contributed by atoms with van der Waals surface area (Å²) in [7, 11) is 0. The summed E-state index contributed by atoms with van der Waals surface area (Å²) in [5.41, 5.74) is 6.12. The fourth-order valence-corrected chi connectivity index (χ4v) is 2.46. The zero-order valence-corrected chi connectivity index (χ0v) is 10.8. The van der Waals surface area contributed by atoms with Crippen molar-refractivity contribution < 1.29 is 19.3 Å². The minimum absolute atomic E-state index is 0.130. The minimum Gasteiger partial charge on any atom is -0.394 e. The molecule has 0 amide bonds. The highest BCUT2D eigenvalue weighted by molar-refractivity contribution is 6.23. The Morgan fingerprint density at radius 3 is 2.90 bits per heavy atom. The second-order valence-corrected chi connectivity index (χ2v) is 4.99. The molecule has 4 N–H and O–H groups in total. The maximum Gasteiger partial charge on any atom is 0.256 e. The maximum absolute atomic E-state index is 14.5. The third-order valence-electron chi connectivity index (χ3n) is 3.20. The normalized spacial score (nSPS) is 33.9. The van der Waals surface area contributed by atoms with Gasteiger partial charge in [0.1, 0.15) is 24.1 Å². The first-order valence-electron chi connectivity index (χ1n) is 5.72. The predicted molar refractivity (Wildman–Crippen MR) is 66.4 cm³/mol. The fraction of sp³-hybridized carbons (Fsp3) is 0.500. The molecule has 0 aromatic carbocycles. The van der Waals surface area contributed by atoms with E-state index in [1.807, 2.05) is 0 Å². The summed E-state index contributed by atoms with van der Waals surface area (Å²) in [5.74, 6) is 0.130. The fourth-order valence-electron chi connectivity index (χ4n) is 2.16. The molecule has 108 valence electrons. The van der Waals surface area contributed by atoms with Crippen molar-refractivity contribution in [3.8, 4) is 0 Å². The number of imidazole rings is 1. The average Bonchev–Trinajstić information content (AvgIpc) is 2.92. The van der Waals surface area contributed by atoms with Gasteiger partial charge in [-0.05, 0) is 0 Å². The summed E-state index contributed by atoms with van der Waals surface area (Å²) in [4.78, 5) is 11.7. The van der Waals surface area contributed by atoms with Crippen LogP contribution in [0.2, 0.25) is 0 Å². The van der Waals surface area contributed by atoms with Crippen LogP contribution in [-0.4, -0.2) is 53.7 Å². The number of nitrogen functional groups attached to an aromatic ring is 1. The molecule has 0 unspecified atom stereocenters. The van der Waals surface area contributed by atoms with E-state index in [0.717, 1.165) is 0 Å². The Morgan fingerprint density at radius 1 is 1.50 bits per heavy atom. The van der Waals surface area contributed by atoms with Gasteiger partial charge in [0.2, 0.25) is 0 Å². The predicted octanol–water partition coefficient (Wildman–Crippen LogP) is -0.436. The molecule has 20 heavy (non-hydrogen) atoms. The number of halogens is 2. The molecule has 2 aromatic heterocycles. The van der Waals surface area contributed by atoms with Gasteiger partial charge < -0.3 is 20.7 Å². The van der Waals surface area contributed by atoms with E-state index in [-0.39, 0.29) is 17.0 Å². The van der Waals surface area contributed by atoms with Crippen LogP contribution in [0.3, 0.4) is 0 Å². The highest BCUT2D eigenvalue weighted by Crippen LogP contribution is 2.45. The highest BCUT2D eigenvalue weighted by atomic mass is 35.5. The van der Waals surface area contributed by atoms with Crippen LogP contribution < -0.4 is 5.73 Å². The number of hydrogen-bond donors (Lipinski definition) is 3. The topological polar surface area (TPSA) is 119 Å². The van der Waals surface area contributed by atoms with Crippen molar-refractivity contribution >= 4 is 28.6 Å². The van der Waals surface area contributed by atoms with Gasteiger partial charge >= 0.3 is 0 Å². The molecule has 1 aliphatic rings. The first-order valence-corrected chi connectivity index (χ1v) is 6.09. The van der Waals surface area contributed by atoms with Crippen molar-refractivity contribution in [1.29, 1.82) is 0 Å². The second kappa shape index (κ2) is 4.48. The second-order valence-electron chi connectivity index (χ2n) is 4.41. The number of rotatable bonds is 2. The van der Waals surface area contributed by atoms with Crippen LogP contribution in [0.5, 0.6) is 0 Å². The summed E-state index contributed by atoms with van der Waals surface area (Å²) in [5, 5.41) is 16.2. The van der Waals surface area contributed by atoms with Gasteiger partial charge in [-0.2, -0.15) is 0 Å². The number of nitrogens with two attached hydrogens (primary N) is 1. The van der Waals surface area contributed by atoms with Gasteiger partial charge in [-0.3, -0.25) is 4.57 Å². The summed E-state index contributed by atoms with van der Waals surface area (Å²) in [6.07, 6.45) is -1.78. The zero-order chi connectivity index (χ0) is 14.5. The molecule has 2 aromatic rings. The number of alkyl halides is 2. The SMILES string of the molecule is Nc1ncnc2c1ncn2[C@@H]1O[C@H](CO)[C@@H](O)[C@]1(F)Cl. The van der Waals surface area contributed by atoms with Crippen molar-refractivity contribution in [2.75, 3.05) is 12.3 Å². The molecule has 1 aliphatic heterocycles. The summed E-state index contributed by atoms with van der Waals surface area (Å²) >= 11 is 5.71. The van der Waals surface area contributed by atoms with Gasteiger partial charge in [0.05, 0.1) is 12.9 Å². The Bertz CT molecular complexity index is 651. The molecular weight excluding hydrogens is 293 g/mol. The van der Waals surface area contributed by atoms with Gasteiger partial charge in [-0.25, -0.2) is 19.3 Å². The van der Waals surface area contributed by atoms with E-state index >= 15 is 0 Å². The lowest BCUT2D eigenvalue weighted by Crippen LogP contribution is -2.38. The number of ether oxygens (including phenoxy) is 1. The van der Waals surface area contributed by atoms with Crippen LogP contribution in [0.1, 0.15) is 6.23 Å². The summed E-state index contributed by atoms with van der Waals surface area (Å²) in [6, 6.07) is 0. The quantitative estimate of drug-likeness (QED) is 0.644. The van der Waals surface area contributed by atoms with Crippen LogP contribution in [0.15, 0.2) is 12.7 Å². The molecule has 3 rings (SSSR count). The summed E-state index contributed by atoms with van der Waals surface area (Å²) < 4.78 is 20.9. The molecule has 0 spiro atoms. The van der Waals surface area contributed by atoms with Gasteiger partial charge in [-0.15, -0.1) is 0 Å². The van der Waals surface area contributed by atoms with Crippen molar-refractivity contribution in [2.24, 2.45) is 0 Å². The first-order chi connectivity index (χ1) is 9.46. The van der Waals surface area contributed by atoms with Gasteiger partial charge in [0.25, 0.3) is 5.13 Å². The Morgan fingerprint density at radius 2 is 2.25 bits per heavy atom. The lowest BCUT2D eigenvalue weighted by Gasteiger charge is -2.22. The number of nitrogens with zero attached hydrogens (tertiary/aromatic N) is 4. The number of anilines is 1. The van der Waals surface area contributed by atoms with Crippen LogP contribution in [0.25, 0.3) is 11.2 Å². The Hall–Kier alpha value is -1.55. The molecule has 0 saturated carbocycles. The van der Waals surface area contributed by atoms with Gasteiger partial charge in [0, 0.05) is 0 Å². The van der Waals surface area contributed by atoms with E-state index in [0.29, 0.717) is 0 Å². The highest BCUT2D eigenvalue weighted by Gasteiger charge is 2.57. The Labute approximate surface area is 117 Å². The molecular formula is C10H11ClFN5O3. The van der Waals surface area contributed by atoms with E-state index in [1.54, 1.807) is 0 Å². The standard InChI is InChI=1S/C10H11ClFN5O3/c11-10(12)6(19)4(1-18)20-9(10)17-3-16-5-7(13)14-2-15-8(5)17/h2-4,6,9,18-19H,1H2,(H2,13,14,15)/t4-,6-,9-,10-/m1/s1. The van der Waals surface area contributed by atoms with Crippen molar-refractivity contribution in [3.05, 3.63) is 12.7 Å². The number of fused-ring (bicyclic) bond motifs is 1. The third-order valence-corrected chi connectivity index (χ3v) is 3.61. The zero-order valence-electron chi connectivity index (χ0n) is 10.0. The lowest BCUT2D eigenvalue weighted by atomic mass is 10.1. The monoisotopic (exact) mass is 303 g/mol.